The Morgan fingerprint density at radius 1 is 1.09 bits per heavy atom. The standard InChI is InChI=1S/C23H29Cl2N3O4S/c1-5-21(23(30)26-6-2)27(14-17-10-11-18(24)13-20(17)25)22(29)15-28(33(4,31)32)19-9-7-8-16(3)12-19/h7-13,21H,5-6,14-15H2,1-4H3,(H,26,30)/t21-/m1/s1. The number of nitrogens with one attached hydrogen (secondary N) is 1. The van der Waals surface area contributed by atoms with Crippen LogP contribution in [-0.4, -0.2) is 50.5 Å². The Morgan fingerprint density at radius 3 is 2.33 bits per heavy atom. The molecular formula is C23H29Cl2N3O4S. The number of hydrogen-bond acceptors (Lipinski definition) is 4. The Morgan fingerprint density at radius 2 is 1.79 bits per heavy atom. The number of anilines is 1. The average molecular weight is 514 g/mol. The molecule has 10 heteroatoms. The van der Waals surface area contributed by atoms with Gasteiger partial charge in [-0.05, 0) is 55.7 Å². The van der Waals surface area contributed by atoms with E-state index in [2.05, 4.69) is 5.32 Å². The monoisotopic (exact) mass is 513 g/mol. The predicted molar refractivity (Wildman–Crippen MR) is 133 cm³/mol. The molecule has 0 saturated heterocycles. The van der Waals surface area contributed by atoms with Crippen LogP contribution in [0.3, 0.4) is 0 Å². The topological polar surface area (TPSA) is 86.8 Å². The van der Waals surface area contributed by atoms with E-state index in [0.29, 0.717) is 34.3 Å². The number of nitrogens with zero attached hydrogens (tertiary/aromatic N) is 2. The lowest BCUT2D eigenvalue weighted by Crippen LogP contribution is -2.52. The first kappa shape index (κ1) is 27.0. The van der Waals surface area contributed by atoms with Crippen LogP contribution >= 0.6 is 23.2 Å². The minimum Gasteiger partial charge on any atom is -0.355 e. The second kappa shape index (κ2) is 11.7. The molecule has 2 aromatic carbocycles. The first-order chi connectivity index (χ1) is 15.5. The van der Waals surface area contributed by atoms with Crippen LogP contribution in [-0.2, 0) is 26.2 Å². The summed E-state index contributed by atoms with van der Waals surface area (Å²) in [6, 6.07) is 11.0. The van der Waals surface area contributed by atoms with Gasteiger partial charge in [0, 0.05) is 23.1 Å². The summed E-state index contributed by atoms with van der Waals surface area (Å²) < 4.78 is 26.2. The van der Waals surface area contributed by atoms with Crippen molar-refractivity contribution in [1.29, 1.82) is 0 Å². The SMILES string of the molecule is CCNC(=O)[C@@H](CC)N(Cc1ccc(Cl)cc1Cl)C(=O)CN(c1cccc(C)c1)S(C)(=O)=O. The van der Waals surface area contributed by atoms with Gasteiger partial charge in [0.1, 0.15) is 12.6 Å². The van der Waals surface area contributed by atoms with E-state index < -0.39 is 28.5 Å². The number of sulfonamides is 1. The molecule has 0 saturated carbocycles. The number of carbonyl (C=O) groups excluding carboxylic acids is 2. The smallest absolute Gasteiger partial charge is 0.244 e. The molecule has 0 unspecified atom stereocenters. The minimum atomic E-state index is -3.77. The van der Waals surface area contributed by atoms with E-state index in [1.165, 1.54) is 4.90 Å². The molecule has 2 aromatic rings. The molecule has 0 aliphatic heterocycles. The molecule has 1 atom stereocenters. The van der Waals surface area contributed by atoms with Crippen LogP contribution in [0.5, 0.6) is 0 Å². The molecule has 0 spiro atoms. The van der Waals surface area contributed by atoms with E-state index in [1.54, 1.807) is 50.2 Å². The van der Waals surface area contributed by atoms with E-state index in [0.717, 1.165) is 16.1 Å². The molecule has 2 rings (SSSR count). The maximum Gasteiger partial charge on any atom is 0.244 e. The van der Waals surface area contributed by atoms with Crippen molar-refractivity contribution in [3.63, 3.8) is 0 Å². The highest BCUT2D eigenvalue weighted by atomic mass is 35.5. The van der Waals surface area contributed by atoms with Gasteiger partial charge in [-0.3, -0.25) is 13.9 Å². The summed E-state index contributed by atoms with van der Waals surface area (Å²) in [6.45, 7) is 5.38. The highest BCUT2D eigenvalue weighted by Gasteiger charge is 2.31. The summed E-state index contributed by atoms with van der Waals surface area (Å²) in [7, 11) is -3.77. The summed E-state index contributed by atoms with van der Waals surface area (Å²) in [5, 5.41) is 3.54. The molecule has 180 valence electrons. The highest BCUT2D eigenvalue weighted by Crippen LogP contribution is 2.25. The number of hydrogen-bond donors (Lipinski definition) is 1. The summed E-state index contributed by atoms with van der Waals surface area (Å²) in [4.78, 5) is 27.6. The molecule has 0 fully saturated rings. The average Bonchev–Trinajstić information content (AvgIpc) is 2.72. The molecule has 33 heavy (non-hydrogen) atoms. The Kier molecular flexibility index (Phi) is 9.57. The second-order valence-electron chi connectivity index (χ2n) is 7.68. The van der Waals surface area contributed by atoms with Crippen molar-refractivity contribution >= 4 is 50.7 Å². The number of rotatable bonds is 10. The van der Waals surface area contributed by atoms with Gasteiger partial charge in [0.15, 0.2) is 0 Å². The Hall–Kier alpha value is -2.29. The van der Waals surface area contributed by atoms with Crippen LogP contribution in [0.15, 0.2) is 42.5 Å². The predicted octanol–water partition coefficient (Wildman–Crippen LogP) is 4.01. The fourth-order valence-electron chi connectivity index (χ4n) is 3.44. The molecule has 0 bridgehead atoms. The third-order valence-corrected chi connectivity index (χ3v) is 6.79. The molecule has 2 amide bonds. The van der Waals surface area contributed by atoms with Gasteiger partial charge in [-0.1, -0.05) is 48.3 Å². The molecular weight excluding hydrogens is 485 g/mol. The van der Waals surface area contributed by atoms with Gasteiger partial charge in [0.05, 0.1) is 11.9 Å². The van der Waals surface area contributed by atoms with Crippen molar-refractivity contribution < 1.29 is 18.0 Å². The maximum atomic E-state index is 13.5. The zero-order valence-corrected chi connectivity index (χ0v) is 21.5. The van der Waals surface area contributed by atoms with Crippen molar-refractivity contribution in [2.24, 2.45) is 0 Å². The molecule has 1 N–H and O–H groups in total. The number of amides is 2. The fourth-order valence-corrected chi connectivity index (χ4v) is 4.75. The van der Waals surface area contributed by atoms with Crippen LogP contribution < -0.4 is 9.62 Å². The van der Waals surface area contributed by atoms with Gasteiger partial charge < -0.3 is 10.2 Å². The highest BCUT2D eigenvalue weighted by molar-refractivity contribution is 7.92. The van der Waals surface area contributed by atoms with Gasteiger partial charge >= 0.3 is 0 Å². The molecule has 7 nitrogen and oxygen atoms in total. The van der Waals surface area contributed by atoms with E-state index in [4.69, 9.17) is 23.2 Å². The van der Waals surface area contributed by atoms with Crippen molar-refractivity contribution in [2.75, 3.05) is 23.7 Å². The van der Waals surface area contributed by atoms with Gasteiger partial charge in [0.2, 0.25) is 21.8 Å². The summed E-state index contributed by atoms with van der Waals surface area (Å²) in [5.41, 5.74) is 1.83. The molecule has 0 aromatic heterocycles. The molecule has 0 aliphatic rings. The summed E-state index contributed by atoms with van der Waals surface area (Å²) in [5.74, 6) is -0.842. The van der Waals surface area contributed by atoms with Gasteiger partial charge in [-0.15, -0.1) is 0 Å². The van der Waals surface area contributed by atoms with E-state index in [-0.39, 0.29) is 12.5 Å². The van der Waals surface area contributed by atoms with Crippen molar-refractivity contribution in [2.45, 2.75) is 39.8 Å². The molecule has 0 heterocycles. The number of carbonyl (C=O) groups is 2. The number of likely N-dealkylation sites (N-methyl/N-ethyl adjacent to an activating group) is 1. The Bertz CT molecular complexity index is 1110. The Labute approximate surface area is 205 Å². The lowest BCUT2D eigenvalue weighted by Gasteiger charge is -2.33. The summed E-state index contributed by atoms with van der Waals surface area (Å²) in [6.07, 6.45) is 1.39. The quantitative estimate of drug-likeness (QED) is 0.519. The van der Waals surface area contributed by atoms with Crippen LogP contribution in [0.2, 0.25) is 10.0 Å². The first-order valence-electron chi connectivity index (χ1n) is 10.5. The van der Waals surface area contributed by atoms with Gasteiger partial charge in [-0.2, -0.15) is 0 Å². The van der Waals surface area contributed by atoms with Crippen LogP contribution in [0.4, 0.5) is 5.69 Å². The van der Waals surface area contributed by atoms with Gasteiger partial charge in [0.25, 0.3) is 0 Å². The van der Waals surface area contributed by atoms with E-state index in [9.17, 15) is 18.0 Å². The van der Waals surface area contributed by atoms with Crippen LogP contribution in [0.1, 0.15) is 31.4 Å². The first-order valence-corrected chi connectivity index (χ1v) is 13.1. The van der Waals surface area contributed by atoms with Crippen LogP contribution in [0.25, 0.3) is 0 Å². The third kappa shape index (κ3) is 7.35. The minimum absolute atomic E-state index is 0.0237. The normalized spacial score (nSPS) is 12.2. The van der Waals surface area contributed by atoms with Gasteiger partial charge in [-0.25, -0.2) is 8.42 Å². The van der Waals surface area contributed by atoms with Crippen molar-refractivity contribution in [1.82, 2.24) is 10.2 Å². The number of benzene rings is 2. The maximum absolute atomic E-state index is 13.5. The largest absolute Gasteiger partial charge is 0.355 e. The summed E-state index contributed by atoms with van der Waals surface area (Å²) >= 11 is 12.3. The Balaban J connectivity index is 2.46. The molecule has 0 radical (unpaired) electrons. The number of halogens is 2. The van der Waals surface area contributed by atoms with E-state index >= 15 is 0 Å². The van der Waals surface area contributed by atoms with E-state index in [1.807, 2.05) is 13.0 Å². The van der Waals surface area contributed by atoms with Crippen molar-refractivity contribution in [3.05, 3.63) is 63.6 Å². The molecule has 0 aliphatic carbocycles. The third-order valence-electron chi connectivity index (χ3n) is 5.06. The number of aryl methyl sites for hydroxylation is 1. The zero-order chi connectivity index (χ0) is 24.8. The van der Waals surface area contributed by atoms with Crippen LogP contribution in [0, 0.1) is 6.92 Å². The second-order valence-corrected chi connectivity index (χ2v) is 10.4. The fraction of sp³-hybridized carbons (Fsp3) is 0.391. The van der Waals surface area contributed by atoms with Crippen molar-refractivity contribution in [3.8, 4) is 0 Å². The lowest BCUT2D eigenvalue weighted by molar-refractivity contribution is -0.140. The zero-order valence-electron chi connectivity index (χ0n) is 19.1. The lowest BCUT2D eigenvalue weighted by atomic mass is 10.1.